The number of anilines is 1. The van der Waals surface area contributed by atoms with Crippen molar-refractivity contribution in [2.24, 2.45) is 4.99 Å². The molecule has 1 unspecified atom stereocenters. The van der Waals surface area contributed by atoms with Gasteiger partial charge in [0.1, 0.15) is 12.1 Å². The van der Waals surface area contributed by atoms with Crippen LogP contribution in [0.25, 0.3) is 17.1 Å². The number of aryl methyl sites for hydroxylation is 1. The van der Waals surface area contributed by atoms with Crippen LogP contribution in [0.4, 0.5) is 23.7 Å². The number of nitrogens with one attached hydrogen (secondary N) is 1. The minimum atomic E-state index is -4.77. The molecule has 1 aliphatic heterocycles. The molecule has 9 nitrogen and oxygen atoms in total. The third-order valence-corrected chi connectivity index (χ3v) is 8.04. The summed E-state index contributed by atoms with van der Waals surface area (Å²) in [6.07, 6.45) is -3.32. The average Bonchev–Trinajstić information content (AvgIpc) is 3.68. The van der Waals surface area contributed by atoms with Crippen molar-refractivity contribution in [1.82, 2.24) is 20.1 Å². The van der Waals surface area contributed by atoms with E-state index < -0.39 is 18.3 Å². The highest BCUT2D eigenvalue weighted by atomic mass is 32.2. The van der Waals surface area contributed by atoms with Crippen molar-refractivity contribution in [2.45, 2.75) is 39.0 Å². The first-order valence-electron chi connectivity index (χ1n) is 14.2. The van der Waals surface area contributed by atoms with Gasteiger partial charge in [0.2, 0.25) is 0 Å². The number of halogens is 3. The molecule has 4 aromatic rings. The highest BCUT2D eigenvalue weighted by Gasteiger charge is 2.31. The quantitative estimate of drug-likeness (QED) is 0.219. The van der Waals surface area contributed by atoms with E-state index in [0.29, 0.717) is 33.7 Å². The Morgan fingerprint density at radius 2 is 1.87 bits per heavy atom. The highest BCUT2D eigenvalue weighted by Crippen LogP contribution is 2.33. The van der Waals surface area contributed by atoms with Crippen LogP contribution in [0, 0.1) is 18.3 Å². The second-order valence-electron chi connectivity index (χ2n) is 10.7. The number of thioether (sulfide) groups is 1. The van der Waals surface area contributed by atoms with Gasteiger partial charge in [-0.15, -0.1) is 18.3 Å². The molecule has 45 heavy (non-hydrogen) atoms. The van der Waals surface area contributed by atoms with Gasteiger partial charge in [-0.2, -0.15) is 10.3 Å². The number of aliphatic imine (C=N–C) groups is 1. The van der Waals surface area contributed by atoms with Crippen molar-refractivity contribution in [1.29, 1.82) is 5.26 Å². The van der Waals surface area contributed by atoms with Crippen LogP contribution in [-0.2, 0) is 0 Å². The molecule has 0 bridgehead atoms. The van der Waals surface area contributed by atoms with Gasteiger partial charge in [-0.3, -0.25) is 0 Å². The van der Waals surface area contributed by atoms with Crippen molar-refractivity contribution in [3.63, 3.8) is 0 Å². The molecule has 1 fully saturated rings. The second-order valence-corrected chi connectivity index (χ2v) is 11.7. The molecule has 13 heteroatoms. The number of nitrogens with zero attached hydrogens (tertiary/aromatic N) is 6. The van der Waals surface area contributed by atoms with Gasteiger partial charge in [-0.05, 0) is 59.9 Å². The smallest absolute Gasteiger partial charge is 0.406 e. The average molecular weight is 634 g/mol. The van der Waals surface area contributed by atoms with Crippen LogP contribution in [-0.4, -0.2) is 51.2 Å². The Labute approximate surface area is 262 Å². The zero-order valence-corrected chi connectivity index (χ0v) is 25.6. The van der Waals surface area contributed by atoms with E-state index in [4.69, 9.17) is 0 Å². The van der Waals surface area contributed by atoms with E-state index in [1.165, 1.54) is 52.6 Å². The number of urea groups is 1. The number of carbonyl (C=O) groups excluding carboxylic acids is 1. The summed E-state index contributed by atoms with van der Waals surface area (Å²) in [6, 6.07) is 20.4. The molecule has 1 aromatic heterocycles. The Kier molecular flexibility index (Phi) is 9.43. The fourth-order valence-corrected chi connectivity index (χ4v) is 5.78. The van der Waals surface area contributed by atoms with E-state index in [-0.39, 0.29) is 12.3 Å². The van der Waals surface area contributed by atoms with Crippen LogP contribution in [0.5, 0.6) is 5.75 Å². The summed E-state index contributed by atoms with van der Waals surface area (Å²) in [6.45, 7) is 7.16. The van der Waals surface area contributed by atoms with Gasteiger partial charge in [0.05, 0.1) is 17.7 Å². The summed E-state index contributed by atoms with van der Waals surface area (Å²) in [5, 5.41) is 17.6. The molecule has 232 valence electrons. The van der Waals surface area contributed by atoms with Gasteiger partial charge < -0.3 is 15.0 Å². The van der Waals surface area contributed by atoms with E-state index in [1.807, 2.05) is 6.92 Å². The lowest BCUT2D eigenvalue weighted by Gasteiger charge is -2.23. The number of nitriles is 1. The fourth-order valence-electron chi connectivity index (χ4n) is 4.83. The predicted molar refractivity (Wildman–Crippen MR) is 168 cm³/mol. The molecule has 1 N–H and O–H groups in total. The van der Waals surface area contributed by atoms with E-state index in [2.05, 4.69) is 68.1 Å². The van der Waals surface area contributed by atoms with Crippen LogP contribution in [0.2, 0.25) is 0 Å². The maximum atomic E-state index is 12.8. The molecule has 1 aliphatic rings. The minimum Gasteiger partial charge on any atom is -0.406 e. The molecule has 2 amide bonds. The Balaban J connectivity index is 1.22. The topological polar surface area (TPSA) is 108 Å². The number of aromatic nitrogens is 3. The van der Waals surface area contributed by atoms with Gasteiger partial charge in [0, 0.05) is 30.1 Å². The van der Waals surface area contributed by atoms with Crippen molar-refractivity contribution in [3.8, 4) is 28.9 Å². The summed E-state index contributed by atoms with van der Waals surface area (Å²) in [5.74, 6) is 0.587. The normalized spacial score (nSPS) is 14.9. The summed E-state index contributed by atoms with van der Waals surface area (Å²) in [4.78, 5) is 23.5. The van der Waals surface area contributed by atoms with Crippen molar-refractivity contribution in [2.75, 3.05) is 23.7 Å². The first-order chi connectivity index (χ1) is 21.5. The number of benzene rings is 3. The lowest BCUT2D eigenvalue weighted by molar-refractivity contribution is -0.274. The number of hydrogen-bond donors (Lipinski definition) is 1. The molecule has 0 aliphatic carbocycles. The number of ether oxygens (including phenoxy) is 1. The number of hydrogen-bond acceptors (Lipinski definition) is 6. The SMILES string of the molecule is Cc1ccc(C(C)C)c(N2CCS/C2=N\C(=O)NCC(C#N)c2ccc(-c3ncn(-c4ccc(OC(F)(F)F)cc4)n3)cc2)c1. The fraction of sp³-hybridized carbons (Fsp3) is 0.281. The van der Waals surface area contributed by atoms with Crippen LogP contribution < -0.4 is 15.0 Å². The molecule has 0 saturated carbocycles. The molecule has 0 spiro atoms. The molecular formula is C32H30F3N7O2S. The molecule has 0 radical (unpaired) electrons. The molecule has 5 rings (SSSR count). The molecule has 2 heterocycles. The molecule has 3 aromatic carbocycles. The van der Waals surface area contributed by atoms with Crippen molar-refractivity contribution in [3.05, 3.63) is 89.7 Å². The Morgan fingerprint density at radius 1 is 1.13 bits per heavy atom. The predicted octanol–water partition coefficient (Wildman–Crippen LogP) is 7.19. The van der Waals surface area contributed by atoms with Gasteiger partial charge in [0.15, 0.2) is 11.0 Å². The van der Waals surface area contributed by atoms with E-state index in [1.54, 1.807) is 24.3 Å². The number of amides is 2. The Hall–Kier alpha value is -4.83. The van der Waals surface area contributed by atoms with Crippen LogP contribution in [0.3, 0.4) is 0 Å². The molecular weight excluding hydrogens is 603 g/mol. The minimum absolute atomic E-state index is 0.0821. The largest absolute Gasteiger partial charge is 0.573 e. The number of amidine groups is 1. The second kappa shape index (κ2) is 13.4. The van der Waals surface area contributed by atoms with Gasteiger partial charge in [0.25, 0.3) is 0 Å². The number of rotatable bonds is 8. The summed E-state index contributed by atoms with van der Waals surface area (Å²) >= 11 is 1.53. The van der Waals surface area contributed by atoms with E-state index in [0.717, 1.165) is 23.5 Å². The summed E-state index contributed by atoms with van der Waals surface area (Å²) in [7, 11) is 0. The molecule has 1 atom stereocenters. The number of alkyl halides is 3. The lowest BCUT2D eigenvalue weighted by atomic mass is 9.99. The van der Waals surface area contributed by atoms with E-state index >= 15 is 0 Å². The Morgan fingerprint density at radius 3 is 2.53 bits per heavy atom. The third kappa shape index (κ3) is 7.82. The van der Waals surface area contributed by atoms with Gasteiger partial charge >= 0.3 is 12.4 Å². The lowest BCUT2D eigenvalue weighted by Crippen LogP contribution is -2.30. The van der Waals surface area contributed by atoms with Gasteiger partial charge in [-0.25, -0.2) is 14.5 Å². The van der Waals surface area contributed by atoms with Gasteiger partial charge in [-0.1, -0.05) is 62.0 Å². The van der Waals surface area contributed by atoms with Crippen LogP contribution >= 0.6 is 11.8 Å². The van der Waals surface area contributed by atoms with Crippen molar-refractivity contribution >= 4 is 28.6 Å². The maximum absolute atomic E-state index is 12.8. The third-order valence-electron chi connectivity index (χ3n) is 7.08. The first-order valence-corrected chi connectivity index (χ1v) is 15.1. The number of carbonyl (C=O) groups is 1. The monoisotopic (exact) mass is 633 g/mol. The summed E-state index contributed by atoms with van der Waals surface area (Å²) in [5.41, 5.74) is 5.27. The standard InChI is InChI=1S/C32H30F3N7O2S/c1-20(2)27-13-4-21(3)16-28(27)41-14-15-45-31(41)39-30(43)37-18-24(17-36)22-5-7-23(8-6-22)29-38-19-42(40-29)25-9-11-26(12-10-25)44-32(33,34)35/h4-13,16,19-20,24H,14-15,18H2,1-3H3,(H,37,43)/b39-31-. The summed E-state index contributed by atoms with van der Waals surface area (Å²) < 4.78 is 42.6. The van der Waals surface area contributed by atoms with E-state index in [9.17, 15) is 23.2 Å². The first kappa shape index (κ1) is 31.6. The highest BCUT2D eigenvalue weighted by molar-refractivity contribution is 8.14. The van der Waals surface area contributed by atoms with Crippen LogP contribution in [0.1, 0.15) is 42.4 Å². The van der Waals surface area contributed by atoms with Crippen molar-refractivity contribution < 1.29 is 22.7 Å². The zero-order valence-electron chi connectivity index (χ0n) is 24.7. The maximum Gasteiger partial charge on any atom is 0.573 e. The zero-order chi connectivity index (χ0) is 32.1. The molecule has 1 saturated heterocycles. The van der Waals surface area contributed by atoms with Crippen LogP contribution in [0.15, 0.2) is 78.0 Å². The Bertz CT molecular complexity index is 1730.